The fourth-order valence-electron chi connectivity index (χ4n) is 1.60. The number of halogens is 3. The molecule has 0 spiro atoms. The van der Waals surface area contributed by atoms with Gasteiger partial charge in [0.15, 0.2) is 11.6 Å². The van der Waals surface area contributed by atoms with Crippen LogP contribution in [-0.2, 0) is 0 Å². The number of rotatable bonds is 3. The molecule has 0 unspecified atom stereocenters. The van der Waals surface area contributed by atoms with Crippen molar-refractivity contribution in [3.63, 3.8) is 0 Å². The Morgan fingerprint density at radius 2 is 1.70 bits per heavy atom. The van der Waals surface area contributed by atoms with Crippen molar-refractivity contribution in [1.82, 2.24) is 0 Å². The molecule has 0 amide bonds. The molecule has 104 valence electrons. The number of nitrogens with zero attached hydrogens (tertiary/aromatic N) is 1. The van der Waals surface area contributed by atoms with Crippen molar-refractivity contribution in [2.24, 2.45) is 0 Å². The van der Waals surface area contributed by atoms with E-state index in [4.69, 9.17) is 5.73 Å². The third-order valence-electron chi connectivity index (χ3n) is 2.50. The van der Waals surface area contributed by atoms with Crippen LogP contribution in [0.3, 0.4) is 0 Å². The van der Waals surface area contributed by atoms with Crippen LogP contribution in [0.1, 0.15) is 0 Å². The molecule has 0 heterocycles. The lowest BCUT2D eigenvalue weighted by Gasteiger charge is -2.09. The number of hydrogen-bond donors (Lipinski definition) is 2. The van der Waals surface area contributed by atoms with Crippen LogP contribution in [0.25, 0.3) is 0 Å². The third-order valence-corrected chi connectivity index (χ3v) is 2.50. The van der Waals surface area contributed by atoms with Crippen LogP contribution in [0, 0.1) is 27.6 Å². The molecule has 0 saturated heterocycles. The number of nitrogens with two attached hydrogens (primary N) is 1. The summed E-state index contributed by atoms with van der Waals surface area (Å²) in [5.41, 5.74) is 4.53. The Morgan fingerprint density at radius 3 is 2.20 bits per heavy atom. The fourth-order valence-corrected chi connectivity index (χ4v) is 1.60. The summed E-state index contributed by atoms with van der Waals surface area (Å²) in [7, 11) is 0. The predicted octanol–water partition coefficient (Wildman–Crippen LogP) is 3.34. The molecule has 2 aromatic carbocycles. The molecule has 5 nitrogen and oxygen atoms in total. The van der Waals surface area contributed by atoms with E-state index in [1.54, 1.807) is 0 Å². The summed E-state index contributed by atoms with van der Waals surface area (Å²) >= 11 is 0. The first kappa shape index (κ1) is 13.7. The van der Waals surface area contributed by atoms with Gasteiger partial charge in [0.2, 0.25) is 0 Å². The first-order chi connectivity index (χ1) is 9.38. The Hall–Kier alpha value is -2.77. The van der Waals surface area contributed by atoms with E-state index in [1.165, 1.54) is 6.07 Å². The van der Waals surface area contributed by atoms with Crippen molar-refractivity contribution in [3.8, 4) is 0 Å². The fraction of sp³-hybridized carbons (Fsp3) is 0. The Labute approximate surface area is 111 Å². The highest BCUT2D eigenvalue weighted by molar-refractivity contribution is 5.70. The van der Waals surface area contributed by atoms with Crippen molar-refractivity contribution in [1.29, 1.82) is 0 Å². The van der Waals surface area contributed by atoms with E-state index in [1.807, 2.05) is 0 Å². The van der Waals surface area contributed by atoms with Crippen LogP contribution in [-0.4, -0.2) is 4.92 Å². The average molecular weight is 283 g/mol. The molecule has 0 aliphatic rings. The standard InChI is InChI=1S/C12H8F3N3O2/c13-6-3-8(14)12(9(15)4-6)17-7-1-2-11(18(19)20)10(16)5-7/h1-5,17H,16H2. The first-order valence-electron chi connectivity index (χ1n) is 5.34. The molecule has 0 bridgehead atoms. The highest BCUT2D eigenvalue weighted by Crippen LogP contribution is 2.29. The largest absolute Gasteiger partial charge is 0.393 e. The molecule has 2 aromatic rings. The molecule has 0 fully saturated rings. The zero-order chi connectivity index (χ0) is 14.9. The summed E-state index contributed by atoms with van der Waals surface area (Å²) in [6.45, 7) is 0. The summed E-state index contributed by atoms with van der Waals surface area (Å²) in [4.78, 5) is 9.90. The third kappa shape index (κ3) is 2.63. The molecule has 2 rings (SSSR count). The van der Waals surface area contributed by atoms with Crippen molar-refractivity contribution in [3.05, 3.63) is 57.9 Å². The van der Waals surface area contributed by atoms with Gasteiger partial charge in [-0.15, -0.1) is 0 Å². The van der Waals surface area contributed by atoms with Gasteiger partial charge in [-0.3, -0.25) is 10.1 Å². The number of nitro groups is 1. The molecule has 8 heteroatoms. The number of nitro benzene ring substituents is 1. The summed E-state index contributed by atoms with van der Waals surface area (Å²) in [5, 5.41) is 12.9. The minimum absolute atomic E-state index is 0.137. The van der Waals surface area contributed by atoms with E-state index in [-0.39, 0.29) is 17.1 Å². The van der Waals surface area contributed by atoms with Gasteiger partial charge in [0.1, 0.15) is 17.2 Å². The summed E-state index contributed by atoms with van der Waals surface area (Å²) in [6, 6.07) is 4.51. The van der Waals surface area contributed by atoms with Crippen LogP contribution in [0.2, 0.25) is 0 Å². The Balaban J connectivity index is 2.36. The van der Waals surface area contributed by atoms with Crippen LogP contribution in [0.15, 0.2) is 30.3 Å². The zero-order valence-corrected chi connectivity index (χ0v) is 9.86. The molecule has 3 N–H and O–H groups in total. The lowest BCUT2D eigenvalue weighted by atomic mass is 10.2. The van der Waals surface area contributed by atoms with Gasteiger partial charge in [-0.1, -0.05) is 0 Å². The molecule has 0 atom stereocenters. The normalized spacial score (nSPS) is 10.3. The number of nitrogen functional groups attached to an aromatic ring is 1. The second kappa shape index (κ2) is 5.08. The SMILES string of the molecule is Nc1cc(Nc2c(F)cc(F)cc2F)ccc1[N+](=O)[O-]. The molecule has 0 saturated carbocycles. The maximum atomic E-state index is 13.4. The summed E-state index contributed by atoms with van der Waals surface area (Å²) < 4.78 is 39.6. The number of hydrogen-bond acceptors (Lipinski definition) is 4. The van der Waals surface area contributed by atoms with Gasteiger partial charge in [0.25, 0.3) is 5.69 Å². The van der Waals surface area contributed by atoms with E-state index >= 15 is 0 Å². The maximum Gasteiger partial charge on any atom is 0.292 e. The van der Waals surface area contributed by atoms with Gasteiger partial charge >= 0.3 is 0 Å². The minimum Gasteiger partial charge on any atom is -0.393 e. The number of nitrogens with one attached hydrogen (secondary N) is 1. The van der Waals surface area contributed by atoms with Gasteiger partial charge in [-0.05, 0) is 12.1 Å². The second-order valence-electron chi connectivity index (χ2n) is 3.90. The van der Waals surface area contributed by atoms with E-state index in [9.17, 15) is 23.3 Å². The molecule has 0 radical (unpaired) electrons. The Morgan fingerprint density at radius 1 is 1.10 bits per heavy atom. The molecule has 0 aromatic heterocycles. The Kier molecular flexibility index (Phi) is 3.47. The average Bonchev–Trinajstić information content (AvgIpc) is 2.33. The first-order valence-corrected chi connectivity index (χ1v) is 5.34. The lowest BCUT2D eigenvalue weighted by Crippen LogP contribution is -2.01. The van der Waals surface area contributed by atoms with Crippen molar-refractivity contribution >= 4 is 22.7 Å². The van der Waals surface area contributed by atoms with Gasteiger partial charge in [0.05, 0.1) is 4.92 Å². The predicted molar refractivity (Wildman–Crippen MR) is 67.1 cm³/mol. The minimum atomic E-state index is -1.13. The van der Waals surface area contributed by atoms with Crippen LogP contribution >= 0.6 is 0 Å². The molecule has 20 heavy (non-hydrogen) atoms. The van der Waals surface area contributed by atoms with Crippen LogP contribution in [0.5, 0.6) is 0 Å². The topological polar surface area (TPSA) is 81.2 Å². The summed E-state index contributed by atoms with van der Waals surface area (Å²) in [5.74, 6) is -3.30. The van der Waals surface area contributed by atoms with Crippen molar-refractivity contribution < 1.29 is 18.1 Å². The van der Waals surface area contributed by atoms with E-state index < -0.39 is 28.1 Å². The van der Waals surface area contributed by atoms with Gasteiger partial charge in [-0.2, -0.15) is 0 Å². The van der Waals surface area contributed by atoms with Crippen molar-refractivity contribution in [2.45, 2.75) is 0 Å². The van der Waals surface area contributed by atoms with Gasteiger partial charge in [-0.25, -0.2) is 13.2 Å². The highest BCUT2D eigenvalue weighted by Gasteiger charge is 2.14. The second-order valence-corrected chi connectivity index (χ2v) is 3.90. The maximum absolute atomic E-state index is 13.4. The van der Waals surface area contributed by atoms with Crippen molar-refractivity contribution in [2.75, 3.05) is 11.1 Å². The van der Waals surface area contributed by atoms with Crippen LogP contribution < -0.4 is 11.1 Å². The van der Waals surface area contributed by atoms with Gasteiger partial charge < -0.3 is 11.1 Å². The summed E-state index contributed by atoms with van der Waals surface area (Å²) in [6.07, 6.45) is 0. The van der Waals surface area contributed by atoms with E-state index in [0.29, 0.717) is 12.1 Å². The molecular weight excluding hydrogens is 275 g/mol. The van der Waals surface area contributed by atoms with E-state index in [2.05, 4.69) is 5.32 Å². The molecule has 0 aliphatic carbocycles. The van der Waals surface area contributed by atoms with Crippen LogP contribution in [0.4, 0.5) is 35.9 Å². The lowest BCUT2D eigenvalue weighted by molar-refractivity contribution is -0.383. The molecular formula is C12H8F3N3O2. The Bertz CT molecular complexity index is 669. The van der Waals surface area contributed by atoms with Gasteiger partial charge in [0, 0.05) is 23.9 Å². The number of anilines is 3. The molecule has 0 aliphatic heterocycles. The zero-order valence-electron chi connectivity index (χ0n) is 9.86. The monoisotopic (exact) mass is 283 g/mol. The smallest absolute Gasteiger partial charge is 0.292 e. The highest BCUT2D eigenvalue weighted by atomic mass is 19.1. The van der Waals surface area contributed by atoms with E-state index in [0.717, 1.165) is 12.1 Å². The number of benzene rings is 2. The quantitative estimate of drug-likeness (QED) is 0.514.